The van der Waals surface area contributed by atoms with Crippen LogP contribution in [0.4, 0.5) is 5.69 Å². The van der Waals surface area contributed by atoms with Crippen molar-refractivity contribution in [3.63, 3.8) is 0 Å². The molecule has 4 rings (SSSR count). The Morgan fingerprint density at radius 3 is 2.55 bits per heavy atom. The molecule has 1 amide bonds. The number of para-hydroxylation sites is 2. The van der Waals surface area contributed by atoms with E-state index in [-0.39, 0.29) is 22.8 Å². The van der Waals surface area contributed by atoms with E-state index in [4.69, 9.17) is 9.26 Å². The van der Waals surface area contributed by atoms with Gasteiger partial charge in [-0.25, -0.2) is 8.42 Å². The van der Waals surface area contributed by atoms with Crippen molar-refractivity contribution in [2.24, 2.45) is 5.92 Å². The van der Waals surface area contributed by atoms with Gasteiger partial charge in [-0.15, -0.1) is 0 Å². The number of piperidine rings is 1. The molecule has 0 radical (unpaired) electrons. The van der Waals surface area contributed by atoms with Gasteiger partial charge < -0.3 is 19.1 Å². The van der Waals surface area contributed by atoms with Crippen molar-refractivity contribution >= 4 is 21.6 Å². The van der Waals surface area contributed by atoms with Gasteiger partial charge in [-0.1, -0.05) is 17.3 Å². The van der Waals surface area contributed by atoms with Gasteiger partial charge in [0.2, 0.25) is 15.9 Å². The fourth-order valence-electron chi connectivity index (χ4n) is 4.80. The van der Waals surface area contributed by atoms with Crippen LogP contribution in [0.5, 0.6) is 5.75 Å². The Bertz CT molecular complexity index is 1090. The highest BCUT2D eigenvalue weighted by atomic mass is 32.2. The summed E-state index contributed by atoms with van der Waals surface area (Å²) in [7, 11) is -1.88. The second-order valence-electron chi connectivity index (χ2n) is 8.80. The van der Waals surface area contributed by atoms with Crippen LogP contribution >= 0.6 is 0 Å². The van der Waals surface area contributed by atoms with E-state index in [0.717, 1.165) is 24.5 Å². The first kappa shape index (κ1) is 23.6. The number of anilines is 1. The van der Waals surface area contributed by atoms with Gasteiger partial charge >= 0.3 is 0 Å². The lowest BCUT2D eigenvalue weighted by molar-refractivity contribution is -0.136. The van der Waals surface area contributed by atoms with E-state index >= 15 is 0 Å². The highest BCUT2D eigenvalue weighted by Gasteiger charge is 2.37. The molecule has 0 saturated carbocycles. The van der Waals surface area contributed by atoms with Crippen LogP contribution in [0.2, 0.25) is 0 Å². The smallest absolute Gasteiger partial charge is 0.248 e. The van der Waals surface area contributed by atoms with Crippen molar-refractivity contribution in [2.75, 3.05) is 44.7 Å². The first-order chi connectivity index (χ1) is 15.7. The summed E-state index contributed by atoms with van der Waals surface area (Å²) in [5, 5.41) is 3.77. The van der Waals surface area contributed by atoms with Crippen LogP contribution in [0.3, 0.4) is 0 Å². The summed E-state index contributed by atoms with van der Waals surface area (Å²) in [6.45, 7) is 8.01. The molecule has 180 valence electrons. The quantitative estimate of drug-likeness (QED) is 0.632. The zero-order valence-electron chi connectivity index (χ0n) is 19.7. The number of carbonyl (C=O) groups excluding carboxylic acids is 1. The zero-order valence-corrected chi connectivity index (χ0v) is 20.5. The summed E-state index contributed by atoms with van der Waals surface area (Å²) in [6.07, 6.45) is 0.858. The lowest BCUT2D eigenvalue weighted by atomic mass is 9.96. The molecule has 0 aliphatic carbocycles. The zero-order chi connectivity index (χ0) is 23.8. The molecule has 33 heavy (non-hydrogen) atoms. The number of sulfonamides is 1. The van der Waals surface area contributed by atoms with Crippen molar-refractivity contribution < 1.29 is 22.5 Å². The van der Waals surface area contributed by atoms with Gasteiger partial charge in [0.1, 0.15) is 22.4 Å². The monoisotopic (exact) mass is 476 g/mol. The lowest BCUT2D eigenvalue weighted by Gasteiger charge is -2.38. The molecule has 1 aromatic carbocycles. The van der Waals surface area contributed by atoms with Gasteiger partial charge in [0.05, 0.1) is 18.8 Å². The Labute approximate surface area is 195 Å². The normalized spacial score (nSPS) is 19.8. The number of likely N-dealkylation sites (N-methyl/N-ethyl adjacent to an activating group) is 2. The number of rotatable bonds is 6. The van der Waals surface area contributed by atoms with Crippen LogP contribution < -0.4 is 9.64 Å². The van der Waals surface area contributed by atoms with Crippen molar-refractivity contribution in [3.05, 3.63) is 35.7 Å². The van der Waals surface area contributed by atoms with Crippen LogP contribution in [-0.2, 0) is 14.8 Å². The van der Waals surface area contributed by atoms with Gasteiger partial charge in [0.25, 0.3) is 0 Å². The number of carbonyl (C=O) groups is 1. The number of aryl methyl sites for hydroxylation is 2. The second-order valence-corrected chi connectivity index (χ2v) is 10.7. The highest BCUT2D eigenvalue weighted by Crippen LogP contribution is 2.33. The van der Waals surface area contributed by atoms with Gasteiger partial charge in [-0.05, 0) is 45.7 Å². The van der Waals surface area contributed by atoms with Crippen molar-refractivity contribution in [1.82, 2.24) is 14.4 Å². The fraction of sp³-hybridized carbons (Fsp3) is 0.565. The molecule has 1 saturated heterocycles. The largest absolute Gasteiger partial charge is 0.485 e. The summed E-state index contributed by atoms with van der Waals surface area (Å²) >= 11 is 0. The summed E-state index contributed by atoms with van der Waals surface area (Å²) in [5.74, 6) is 0.967. The van der Waals surface area contributed by atoms with Crippen LogP contribution in [0.25, 0.3) is 0 Å². The molecule has 2 aromatic rings. The number of hydrogen-bond acceptors (Lipinski definition) is 7. The molecule has 1 unspecified atom stereocenters. The number of ether oxygens (including phenoxy) is 1. The molecular formula is C23H32N4O5S. The Morgan fingerprint density at radius 1 is 1.21 bits per heavy atom. The van der Waals surface area contributed by atoms with Crippen LogP contribution in [-0.4, -0.2) is 74.6 Å². The van der Waals surface area contributed by atoms with E-state index in [1.54, 1.807) is 25.8 Å². The maximum Gasteiger partial charge on any atom is 0.248 e. The third-order valence-electron chi connectivity index (χ3n) is 6.53. The predicted octanol–water partition coefficient (Wildman–Crippen LogP) is 2.44. The average Bonchev–Trinajstić information content (AvgIpc) is 3.16. The second kappa shape index (κ2) is 9.34. The van der Waals surface area contributed by atoms with E-state index in [9.17, 15) is 13.2 Å². The Balaban J connectivity index is 1.35. The number of hydrogen-bond donors (Lipinski definition) is 0. The van der Waals surface area contributed by atoms with Crippen molar-refractivity contribution in [2.45, 2.75) is 44.6 Å². The Hall–Kier alpha value is -2.59. The van der Waals surface area contributed by atoms with Gasteiger partial charge in [0, 0.05) is 32.6 Å². The molecule has 3 heterocycles. The number of nitrogens with zero attached hydrogens (tertiary/aromatic N) is 4. The SMILES string of the molecule is CCN1CC(CN(C)C(=O)C2CCN(S(=O)(=O)c3c(C)noc3C)CC2)Oc2ccccc21. The van der Waals surface area contributed by atoms with Crippen LogP contribution in [0.1, 0.15) is 31.2 Å². The molecule has 0 spiro atoms. The summed E-state index contributed by atoms with van der Waals surface area (Å²) in [4.78, 5) is 17.3. The summed E-state index contributed by atoms with van der Waals surface area (Å²) in [5.41, 5.74) is 1.44. The molecule has 1 fully saturated rings. The van der Waals surface area contributed by atoms with E-state index in [1.807, 2.05) is 24.3 Å². The van der Waals surface area contributed by atoms with Crippen molar-refractivity contribution in [1.29, 1.82) is 0 Å². The maximum absolute atomic E-state index is 13.1. The summed E-state index contributed by atoms with van der Waals surface area (Å²) < 4.78 is 38.7. The lowest BCUT2D eigenvalue weighted by Crippen LogP contribution is -2.49. The third kappa shape index (κ3) is 4.59. The van der Waals surface area contributed by atoms with Crippen LogP contribution in [0.15, 0.2) is 33.7 Å². The van der Waals surface area contributed by atoms with Crippen LogP contribution in [0, 0.1) is 19.8 Å². The number of benzene rings is 1. The van der Waals surface area contributed by atoms with Gasteiger partial charge in [-0.3, -0.25) is 4.79 Å². The highest BCUT2D eigenvalue weighted by molar-refractivity contribution is 7.89. The molecule has 10 heteroatoms. The summed E-state index contributed by atoms with van der Waals surface area (Å²) in [6, 6.07) is 7.96. The molecule has 2 aliphatic rings. The third-order valence-corrected chi connectivity index (χ3v) is 8.67. The molecular weight excluding hydrogens is 444 g/mol. The molecule has 0 N–H and O–H groups in total. The Morgan fingerprint density at radius 2 is 1.91 bits per heavy atom. The average molecular weight is 477 g/mol. The maximum atomic E-state index is 13.1. The molecule has 0 bridgehead atoms. The predicted molar refractivity (Wildman–Crippen MR) is 124 cm³/mol. The fourth-order valence-corrected chi connectivity index (χ4v) is 6.56. The van der Waals surface area contributed by atoms with Gasteiger partial charge in [-0.2, -0.15) is 4.31 Å². The molecule has 9 nitrogen and oxygen atoms in total. The Kier molecular flexibility index (Phi) is 6.67. The minimum atomic E-state index is -3.68. The van der Waals surface area contributed by atoms with E-state index < -0.39 is 10.0 Å². The minimum Gasteiger partial charge on any atom is -0.485 e. The van der Waals surface area contributed by atoms with Gasteiger partial charge in [0.15, 0.2) is 5.76 Å². The minimum absolute atomic E-state index is 0.0369. The standard InChI is InChI=1S/C23H32N4O5S/c1-5-26-15-19(31-21-9-7-6-8-20(21)26)14-25(4)23(28)18-10-12-27(13-11-18)33(29,30)22-16(2)24-32-17(22)3/h6-9,18-19H,5,10-15H2,1-4H3. The first-order valence-electron chi connectivity index (χ1n) is 11.4. The van der Waals surface area contributed by atoms with E-state index in [0.29, 0.717) is 43.9 Å². The first-order valence-corrected chi connectivity index (χ1v) is 12.8. The molecule has 1 atom stereocenters. The van der Waals surface area contributed by atoms with Crippen molar-refractivity contribution in [3.8, 4) is 5.75 Å². The van der Waals surface area contributed by atoms with E-state index in [2.05, 4.69) is 17.0 Å². The molecule has 1 aromatic heterocycles. The van der Waals surface area contributed by atoms with E-state index in [1.165, 1.54) is 4.31 Å². The number of amides is 1. The molecule has 2 aliphatic heterocycles. The number of fused-ring (bicyclic) bond motifs is 1. The topological polar surface area (TPSA) is 96.2 Å². The number of aromatic nitrogens is 1.